The third-order valence-electron chi connectivity index (χ3n) is 7.17. The maximum absolute atomic E-state index is 13.1. The largest absolute Gasteiger partial charge is 0.361 e. The number of fused-ring (bicyclic) bond motifs is 2. The lowest BCUT2D eigenvalue weighted by atomic mass is 9.95. The molecule has 0 aliphatic carbocycles. The van der Waals surface area contributed by atoms with E-state index < -0.39 is 0 Å². The van der Waals surface area contributed by atoms with Crippen LogP contribution in [0.15, 0.2) is 60.9 Å². The van der Waals surface area contributed by atoms with Gasteiger partial charge >= 0.3 is 0 Å². The van der Waals surface area contributed by atoms with Crippen LogP contribution in [0.5, 0.6) is 0 Å². The molecule has 6 heteroatoms. The zero-order valence-corrected chi connectivity index (χ0v) is 19.1. The number of benzene rings is 2. The van der Waals surface area contributed by atoms with Crippen molar-refractivity contribution < 1.29 is 9.59 Å². The van der Waals surface area contributed by atoms with Crippen molar-refractivity contribution >= 4 is 44.8 Å². The van der Waals surface area contributed by atoms with Crippen molar-refractivity contribution in [2.75, 3.05) is 19.6 Å². The zero-order valence-electron chi connectivity index (χ0n) is 19.1. The lowest BCUT2D eigenvalue weighted by Gasteiger charge is -2.26. The van der Waals surface area contributed by atoms with Gasteiger partial charge in [0.2, 0.25) is 0 Å². The molecular formula is C28H28N4O2. The predicted molar refractivity (Wildman–Crippen MR) is 135 cm³/mol. The van der Waals surface area contributed by atoms with E-state index in [2.05, 4.69) is 32.0 Å². The zero-order chi connectivity index (χ0) is 23.1. The summed E-state index contributed by atoms with van der Waals surface area (Å²) in [5.74, 6) is -0.673. The van der Waals surface area contributed by atoms with Crippen molar-refractivity contribution in [1.29, 1.82) is 0 Å². The molecule has 6 nitrogen and oxygen atoms in total. The molecule has 2 amide bonds. The fourth-order valence-electron chi connectivity index (χ4n) is 5.53. The third kappa shape index (κ3) is 3.55. The van der Waals surface area contributed by atoms with Crippen molar-refractivity contribution in [2.24, 2.45) is 0 Å². The van der Waals surface area contributed by atoms with Crippen LogP contribution < -0.4 is 5.32 Å². The Hall–Kier alpha value is -3.64. The fourth-order valence-corrected chi connectivity index (χ4v) is 5.53. The number of aromatic nitrogens is 2. The molecule has 1 saturated heterocycles. The smallest absolute Gasteiger partial charge is 0.259 e. The summed E-state index contributed by atoms with van der Waals surface area (Å²) in [5.41, 5.74) is 4.51. The van der Waals surface area contributed by atoms with Gasteiger partial charge < -0.3 is 14.5 Å². The number of rotatable bonds is 6. The van der Waals surface area contributed by atoms with Crippen LogP contribution in [0.4, 0.5) is 0 Å². The summed E-state index contributed by atoms with van der Waals surface area (Å²) in [6, 6.07) is 16.0. The number of imide groups is 1. The summed E-state index contributed by atoms with van der Waals surface area (Å²) in [6.45, 7) is 4.36. The predicted octanol–water partition coefficient (Wildman–Crippen LogP) is 4.57. The van der Waals surface area contributed by atoms with Crippen LogP contribution in [-0.4, -0.2) is 45.9 Å². The Labute approximate surface area is 198 Å². The molecule has 4 heterocycles. The first kappa shape index (κ1) is 20.9. The van der Waals surface area contributed by atoms with Crippen molar-refractivity contribution in [1.82, 2.24) is 19.8 Å². The van der Waals surface area contributed by atoms with Gasteiger partial charge in [-0.2, -0.15) is 0 Å². The van der Waals surface area contributed by atoms with Crippen LogP contribution >= 0.6 is 0 Å². The minimum absolute atomic E-state index is 0.332. The molecule has 0 atom stereocenters. The van der Waals surface area contributed by atoms with Gasteiger partial charge in [0.15, 0.2) is 0 Å². The SMILES string of the molecule is O=C1NC(=O)C(c2cn(CCCN3CCCCC3)c3ccccc23)=C1c1c[nH]c2ccccc12. The Morgan fingerprint density at radius 3 is 2.29 bits per heavy atom. The van der Waals surface area contributed by atoms with Gasteiger partial charge in [0.25, 0.3) is 11.8 Å². The molecule has 2 aliphatic heterocycles. The third-order valence-corrected chi connectivity index (χ3v) is 7.17. The number of nitrogens with zero attached hydrogens (tertiary/aromatic N) is 2. The van der Waals surface area contributed by atoms with Gasteiger partial charge in [-0.1, -0.05) is 42.8 Å². The number of carbonyl (C=O) groups is 2. The molecule has 34 heavy (non-hydrogen) atoms. The Kier molecular flexibility index (Phi) is 5.30. The number of H-pyrrole nitrogens is 1. The molecule has 2 aliphatic rings. The number of para-hydroxylation sites is 2. The van der Waals surface area contributed by atoms with E-state index in [1.165, 1.54) is 32.4 Å². The number of aromatic amines is 1. The first-order valence-electron chi connectivity index (χ1n) is 12.2. The number of hydrogen-bond acceptors (Lipinski definition) is 3. The molecule has 0 bridgehead atoms. The first-order chi connectivity index (χ1) is 16.7. The Morgan fingerprint density at radius 2 is 1.47 bits per heavy atom. The van der Waals surface area contributed by atoms with Gasteiger partial charge in [0.05, 0.1) is 11.1 Å². The topological polar surface area (TPSA) is 70.1 Å². The van der Waals surface area contributed by atoms with Crippen molar-refractivity contribution in [3.8, 4) is 0 Å². The second-order valence-electron chi connectivity index (χ2n) is 9.29. The van der Waals surface area contributed by atoms with Crippen molar-refractivity contribution in [3.05, 3.63) is 72.1 Å². The highest BCUT2D eigenvalue weighted by atomic mass is 16.2. The Morgan fingerprint density at radius 1 is 0.765 bits per heavy atom. The molecule has 2 aromatic carbocycles. The van der Waals surface area contributed by atoms with Crippen molar-refractivity contribution in [3.63, 3.8) is 0 Å². The molecule has 172 valence electrons. The van der Waals surface area contributed by atoms with E-state index in [0.29, 0.717) is 11.1 Å². The van der Waals surface area contributed by atoms with E-state index in [1.807, 2.05) is 48.7 Å². The summed E-state index contributed by atoms with van der Waals surface area (Å²) in [6.07, 6.45) is 8.88. The highest BCUT2D eigenvalue weighted by Gasteiger charge is 2.35. The van der Waals surface area contributed by atoms with Gasteiger partial charge in [0, 0.05) is 51.9 Å². The normalized spacial score (nSPS) is 17.3. The average Bonchev–Trinajstić information content (AvgIpc) is 3.53. The number of aryl methyl sites for hydroxylation is 1. The quantitative estimate of drug-likeness (QED) is 0.421. The molecule has 0 radical (unpaired) electrons. The number of piperidine rings is 1. The summed E-state index contributed by atoms with van der Waals surface area (Å²) < 4.78 is 2.24. The number of nitrogens with one attached hydrogen (secondary N) is 2. The van der Waals surface area contributed by atoms with Crippen LogP contribution in [0.1, 0.15) is 36.8 Å². The molecule has 2 N–H and O–H groups in total. The molecule has 2 aromatic heterocycles. The molecule has 0 saturated carbocycles. The van der Waals surface area contributed by atoms with E-state index in [-0.39, 0.29) is 11.8 Å². The number of amides is 2. The molecule has 1 fully saturated rings. The van der Waals surface area contributed by atoms with Crippen LogP contribution in [0.2, 0.25) is 0 Å². The van der Waals surface area contributed by atoms with Crippen LogP contribution in [0, 0.1) is 0 Å². The van der Waals surface area contributed by atoms with E-state index in [9.17, 15) is 9.59 Å². The van der Waals surface area contributed by atoms with Gasteiger partial charge in [-0.25, -0.2) is 0 Å². The summed E-state index contributed by atoms with van der Waals surface area (Å²) >= 11 is 0. The second-order valence-corrected chi connectivity index (χ2v) is 9.29. The summed E-state index contributed by atoms with van der Waals surface area (Å²) in [7, 11) is 0. The minimum Gasteiger partial charge on any atom is -0.361 e. The van der Waals surface area contributed by atoms with E-state index >= 15 is 0 Å². The molecule has 0 unspecified atom stereocenters. The van der Waals surface area contributed by atoms with E-state index in [1.54, 1.807) is 0 Å². The molecular weight excluding hydrogens is 424 g/mol. The van der Waals surface area contributed by atoms with Gasteiger partial charge in [-0.05, 0) is 51.0 Å². The maximum atomic E-state index is 13.1. The molecule has 0 spiro atoms. The van der Waals surface area contributed by atoms with Crippen LogP contribution in [-0.2, 0) is 16.1 Å². The Balaban J connectivity index is 1.42. The molecule has 6 rings (SSSR count). The highest BCUT2D eigenvalue weighted by Crippen LogP contribution is 2.38. The van der Waals surface area contributed by atoms with Crippen LogP contribution in [0.3, 0.4) is 0 Å². The van der Waals surface area contributed by atoms with Crippen LogP contribution in [0.25, 0.3) is 33.0 Å². The Bertz CT molecular complexity index is 1440. The standard InChI is InChI=1S/C28H28N4O2/c33-27-25(21-17-29-23-11-4-2-9-19(21)23)26(28(34)30-27)22-18-32(24-12-5-3-10-20(22)24)16-8-15-31-13-6-1-7-14-31/h2-5,9-12,17-18,29H,1,6-8,13-16H2,(H,30,33,34). The van der Waals surface area contributed by atoms with Gasteiger partial charge in [0.1, 0.15) is 0 Å². The number of hydrogen-bond donors (Lipinski definition) is 2. The second kappa shape index (κ2) is 8.61. The fraction of sp³-hybridized carbons (Fsp3) is 0.286. The first-order valence-corrected chi connectivity index (χ1v) is 12.2. The van der Waals surface area contributed by atoms with Gasteiger partial charge in [-0.3, -0.25) is 14.9 Å². The average molecular weight is 453 g/mol. The lowest BCUT2D eigenvalue weighted by molar-refractivity contribution is -0.122. The number of carbonyl (C=O) groups excluding carboxylic acids is 2. The van der Waals surface area contributed by atoms with Gasteiger partial charge in [-0.15, -0.1) is 0 Å². The minimum atomic E-state index is -0.341. The lowest BCUT2D eigenvalue weighted by Crippen LogP contribution is -2.31. The van der Waals surface area contributed by atoms with E-state index in [4.69, 9.17) is 0 Å². The molecule has 4 aromatic rings. The van der Waals surface area contributed by atoms with E-state index in [0.717, 1.165) is 52.4 Å². The highest BCUT2D eigenvalue weighted by molar-refractivity contribution is 6.50. The summed E-state index contributed by atoms with van der Waals surface area (Å²) in [4.78, 5) is 31.9. The monoisotopic (exact) mass is 452 g/mol. The summed E-state index contributed by atoms with van der Waals surface area (Å²) in [5, 5.41) is 4.48. The van der Waals surface area contributed by atoms with Crippen molar-refractivity contribution in [2.45, 2.75) is 32.2 Å². The maximum Gasteiger partial charge on any atom is 0.259 e. The number of likely N-dealkylation sites (tertiary alicyclic amines) is 1.